The monoisotopic (exact) mass is 470 g/mol. The highest BCUT2D eigenvalue weighted by Crippen LogP contribution is 2.20. The minimum atomic E-state index is -0.267. The van der Waals surface area contributed by atoms with Crippen LogP contribution in [0.2, 0.25) is 0 Å². The summed E-state index contributed by atoms with van der Waals surface area (Å²) < 4.78 is 0.973. The van der Waals surface area contributed by atoms with Crippen LogP contribution in [0.5, 0.6) is 0 Å². The number of carbonyl (C=O) groups is 2. The fourth-order valence-corrected chi connectivity index (χ4v) is 3.18. The summed E-state index contributed by atoms with van der Waals surface area (Å²) in [7, 11) is 0. The molecule has 2 amide bonds. The van der Waals surface area contributed by atoms with Gasteiger partial charge in [0.25, 0.3) is 11.8 Å². The average Bonchev–Trinajstić information content (AvgIpc) is 2.65. The van der Waals surface area contributed by atoms with Gasteiger partial charge in [0.2, 0.25) is 0 Å². The second-order valence-electron chi connectivity index (χ2n) is 6.26. The zero-order valence-corrected chi connectivity index (χ0v) is 17.2. The van der Waals surface area contributed by atoms with E-state index >= 15 is 0 Å². The lowest BCUT2D eigenvalue weighted by Gasteiger charge is -2.12. The van der Waals surface area contributed by atoms with E-state index in [1.54, 1.807) is 36.4 Å². The van der Waals surface area contributed by atoms with Crippen LogP contribution >= 0.6 is 22.6 Å². The molecule has 0 radical (unpaired) electrons. The van der Waals surface area contributed by atoms with Gasteiger partial charge in [0.1, 0.15) is 0 Å². The van der Waals surface area contributed by atoms with Crippen molar-refractivity contribution < 1.29 is 9.59 Å². The van der Waals surface area contributed by atoms with Crippen LogP contribution in [-0.2, 0) is 0 Å². The van der Waals surface area contributed by atoms with Crippen LogP contribution in [0.1, 0.15) is 31.8 Å². The van der Waals surface area contributed by atoms with E-state index in [-0.39, 0.29) is 11.8 Å². The largest absolute Gasteiger partial charge is 0.322 e. The number of amides is 2. The number of hydrogen-bond acceptors (Lipinski definition) is 2. The number of hydrogen-bond donors (Lipinski definition) is 2. The van der Waals surface area contributed by atoms with E-state index in [9.17, 15) is 9.59 Å². The third-order valence-corrected chi connectivity index (χ3v) is 4.94. The quantitative estimate of drug-likeness (QED) is 0.501. The number of nitrogens with one attached hydrogen (secondary N) is 2. The second-order valence-corrected chi connectivity index (χ2v) is 7.51. The number of rotatable bonds is 4. The summed E-state index contributed by atoms with van der Waals surface area (Å²) in [5.74, 6) is -0.517. The lowest BCUT2D eigenvalue weighted by molar-refractivity contribution is 0.102. The van der Waals surface area contributed by atoms with Crippen molar-refractivity contribution in [3.63, 3.8) is 0 Å². The fourth-order valence-electron chi connectivity index (χ4n) is 2.63. The molecule has 0 spiro atoms. The second kappa shape index (κ2) is 8.35. The average molecular weight is 470 g/mol. The molecule has 3 rings (SSSR count). The number of carbonyl (C=O) groups excluding carboxylic acids is 2. The number of para-hydroxylation sites is 1. The minimum Gasteiger partial charge on any atom is -0.322 e. The van der Waals surface area contributed by atoms with Crippen molar-refractivity contribution in [3.8, 4) is 0 Å². The summed E-state index contributed by atoms with van der Waals surface area (Å²) in [6.07, 6.45) is 0. The standard InChI is InChI=1S/C22H19IN2O2/c1-14-10-11-18(12-15(14)2)24-22(27)19-8-3-4-9-20(19)25-21(26)16-6-5-7-17(23)13-16/h3-13H,1-2H3,(H,24,27)(H,25,26). The van der Waals surface area contributed by atoms with Gasteiger partial charge in [-0.25, -0.2) is 0 Å². The molecule has 136 valence electrons. The normalized spacial score (nSPS) is 10.3. The molecule has 27 heavy (non-hydrogen) atoms. The molecule has 0 aromatic heterocycles. The number of anilines is 2. The molecule has 0 saturated carbocycles. The highest BCUT2D eigenvalue weighted by atomic mass is 127. The maximum absolute atomic E-state index is 12.7. The summed E-state index contributed by atoms with van der Waals surface area (Å²) in [5, 5.41) is 5.74. The first-order valence-electron chi connectivity index (χ1n) is 8.48. The first kappa shape index (κ1) is 19.1. The Morgan fingerprint density at radius 1 is 0.778 bits per heavy atom. The Kier molecular flexibility index (Phi) is 5.91. The van der Waals surface area contributed by atoms with E-state index < -0.39 is 0 Å². The van der Waals surface area contributed by atoms with E-state index in [1.807, 2.05) is 44.2 Å². The van der Waals surface area contributed by atoms with Crippen LogP contribution < -0.4 is 10.6 Å². The van der Waals surface area contributed by atoms with Crippen LogP contribution in [0.4, 0.5) is 11.4 Å². The molecular formula is C22H19IN2O2. The number of aryl methyl sites for hydroxylation is 2. The van der Waals surface area contributed by atoms with E-state index in [0.29, 0.717) is 16.8 Å². The molecule has 4 nitrogen and oxygen atoms in total. The fraction of sp³-hybridized carbons (Fsp3) is 0.0909. The van der Waals surface area contributed by atoms with Crippen molar-refractivity contribution in [2.24, 2.45) is 0 Å². The molecule has 2 N–H and O–H groups in total. The summed E-state index contributed by atoms with van der Waals surface area (Å²) in [5.41, 5.74) is 4.43. The smallest absolute Gasteiger partial charge is 0.257 e. The molecule has 0 aliphatic heterocycles. The van der Waals surface area contributed by atoms with Gasteiger partial charge in [0.05, 0.1) is 11.3 Å². The van der Waals surface area contributed by atoms with E-state index in [1.165, 1.54) is 0 Å². The van der Waals surface area contributed by atoms with Crippen LogP contribution in [0.25, 0.3) is 0 Å². The number of halogens is 1. The first-order chi connectivity index (χ1) is 12.9. The molecule has 3 aromatic carbocycles. The van der Waals surface area contributed by atoms with Crippen molar-refractivity contribution in [3.05, 3.63) is 92.6 Å². The van der Waals surface area contributed by atoms with Crippen LogP contribution in [0.3, 0.4) is 0 Å². The zero-order valence-electron chi connectivity index (χ0n) is 15.0. The van der Waals surface area contributed by atoms with Gasteiger partial charge in [0.15, 0.2) is 0 Å². The zero-order chi connectivity index (χ0) is 19.4. The molecule has 0 heterocycles. The maximum atomic E-state index is 12.7. The highest BCUT2D eigenvalue weighted by Gasteiger charge is 2.14. The summed E-state index contributed by atoms with van der Waals surface area (Å²) >= 11 is 2.16. The molecule has 0 unspecified atom stereocenters. The Morgan fingerprint density at radius 3 is 2.30 bits per heavy atom. The van der Waals surface area contributed by atoms with E-state index in [2.05, 4.69) is 33.2 Å². The molecule has 5 heteroatoms. The summed E-state index contributed by atoms with van der Waals surface area (Å²) in [6, 6.07) is 20.0. The van der Waals surface area contributed by atoms with E-state index in [4.69, 9.17) is 0 Å². The Balaban J connectivity index is 1.81. The first-order valence-corrected chi connectivity index (χ1v) is 9.56. The Labute approximate surface area is 172 Å². The van der Waals surface area contributed by atoms with Gasteiger partial charge in [0, 0.05) is 14.8 Å². The van der Waals surface area contributed by atoms with Gasteiger partial charge in [-0.15, -0.1) is 0 Å². The SMILES string of the molecule is Cc1ccc(NC(=O)c2ccccc2NC(=O)c2cccc(I)c2)cc1C. The van der Waals surface area contributed by atoms with Crippen LogP contribution in [0.15, 0.2) is 66.7 Å². The van der Waals surface area contributed by atoms with Crippen molar-refractivity contribution in [1.82, 2.24) is 0 Å². The molecule has 0 aliphatic carbocycles. The molecule has 0 aliphatic rings. The summed E-state index contributed by atoms with van der Waals surface area (Å²) in [6.45, 7) is 4.02. The molecule has 0 fully saturated rings. The Morgan fingerprint density at radius 2 is 1.56 bits per heavy atom. The van der Waals surface area contributed by atoms with Crippen LogP contribution in [0, 0.1) is 17.4 Å². The van der Waals surface area contributed by atoms with Crippen molar-refractivity contribution in [2.75, 3.05) is 10.6 Å². The molecule has 0 bridgehead atoms. The van der Waals surface area contributed by atoms with Gasteiger partial charge in [-0.3, -0.25) is 9.59 Å². The predicted molar refractivity (Wildman–Crippen MR) is 117 cm³/mol. The molecule has 0 saturated heterocycles. The molecule has 3 aromatic rings. The molecule has 0 atom stereocenters. The van der Waals surface area contributed by atoms with Gasteiger partial charge >= 0.3 is 0 Å². The van der Waals surface area contributed by atoms with Crippen LogP contribution in [-0.4, -0.2) is 11.8 Å². The Bertz CT molecular complexity index is 1010. The Hall–Kier alpha value is -2.67. The highest BCUT2D eigenvalue weighted by molar-refractivity contribution is 14.1. The third-order valence-electron chi connectivity index (χ3n) is 4.27. The lowest BCUT2D eigenvalue weighted by Crippen LogP contribution is -2.18. The summed E-state index contributed by atoms with van der Waals surface area (Å²) in [4.78, 5) is 25.3. The van der Waals surface area contributed by atoms with Gasteiger partial charge in [-0.05, 0) is 90.0 Å². The number of benzene rings is 3. The lowest BCUT2D eigenvalue weighted by atomic mass is 10.1. The predicted octanol–water partition coefficient (Wildman–Crippen LogP) is 5.41. The van der Waals surface area contributed by atoms with Crippen molar-refractivity contribution in [1.29, 1.82) is 0 Å². The van der Waals surface area contributed by atoms with Crippen molar-refractivity contribution >= 4 is 45.8 Å². The third kappa shape index (κ3) is 4.74. The maximum Gasteiger partial charge on any atom is 0.257 e. The van der Waals surface area contributed by atoms with Gasteiger partial charge in [-0.2, -0.15) is 0 Å². The topological polar surface area (TPSA) is 58.2 Å². The molecular weight excluding hydrogens is 451 g/mol. The van der Waals surface area contributed by atoms with Gasteiger partial charge < -0.3 is 10.6 Å². The van der Waals surface area contributed by atoms with E-state index in [0.717, 1.165) is 20.4 Å². The minimum absolute atomic E-state index is 0.250. The van der Waals surface area contributed by atoms with Gasteiger partial charge in [-0.1, -0.05) is 24.3 Å². The van der Waals surface area contributed by atoms with Crippen molar-refractivity contribution in [2.45, 2.75) is 13.8 Å².